The summed E-state index contributed by atoms with van der Waals surface area (Å²) in [7, 11) is 0. The van der Waals surface area contributed by atoms with Crippen molar-refractivity contribution in [1.29, 1.82) is 0 Å². The highest BCUT2D eigenvalue weighted by Gasteiger charge is 2.95. The van der Waals surface area contributed by atoms with E-state index in [1.807, 2.05) is 0 Å². The number of ether oxygens (including phenoxy) is 2. The molecule has 0 atom stereocenters. The predicted molar refractivity (Wildman–Crippen MR) is 172 cm³/mol. The number of carbonyl (C=O) groups is 1. The van der Waals surface area contributed by atoms with E-state index in [1.54, 1.807) is 24.3 Å². The normalized spacial score (nSPS) is 13.6. The second kappa shape index (κ2) is 19.2. The van der Waals surface area contributed by atoms with Gasteiger partial charge >= 0.3 is 53.6 Å². The van der Waals surface area contributed by atoms with Crippen LogP contribution in [0.1, 0.15) is 99.0 Å². The van der Waals surface area contributed by atoms with Gasteiger partial charge in [0.2, 0.25) is 0 Å². The van der Waals surface area contributed by atoms with Gasteiger partial charge in [-0.2, -0.15) is 74.6 Å². The number of unbranched alkanes of at least 4 members (excludes halogenated alkanes) is 9. The van der Waals surface area contributed by atoms with Crippen LogP contribution in [0, 0.1) is 11.8 Å². The fourth-order valence-electron chi connectivity index (χ4n) is 4.96. The lowest BCUT2D eigenvalue weighted by molar-refractivity contribution is -0.461. The lowest BCUT2D eigenvalue weighted by atomic mass is 9.88. The Morgan fingerprint density at radius 3 is 1.32 bits per heavy atom. The summed E-state index contributed by atoms with van der Waals surface area (Å²) in [5, 5.41) is 0. The van der Waals surface area contributed by atoms with Gasteiger partial charge in [0.1, 0.15) is 5.75 Å². The van der Waals surface area contributed by atoms with E-state index in [0.29, 0.717) is 17.9 Å². The molecule has 2 rings (SSSR count). The molecule has 322 valence electrons. The Morgan fingerprint density at radius 1 is 0.491 bits per heavy atom. The maximum atomic E-state index is 14.1. The molecular weight excluding hydrogens is 815 g/mol. The van der Waals surface area contributed by atoms with Gasteiger partial charge < -0.3 is 9.47 Å². The Balaban J connectivity index is 1.95. The largest absolute Gasteiger partial charge is 0.494 e. The molecule has 0 saturated carbocycles. The summed E-state index contributed by atoms with van der Waals surface area (Å²) in [6, 6.07) is 11.0. The first kappa shape index (κ1) is 49.2. The second-order valence-electron chi connectivity index (χ2n) is 12.9. The molecule has 2 aromatic rings. The molecule has 57 heavy (non-hydrogen) atoms. The van der Waals surface area contributed by atoms with Gasteiger partial charge in [0.25, 0.3) is 0 Å². The molecule has 0 spiro atoms. The van der Waals surface area contributed by atoms with Crippen molar-refractivity contribution in [2.45, 2.75) is 125 Å². The molecular formula is C37H37F17O3. The first-order valence-electron chi connectivity index (χ1n) is 17.4. The van der Waals surface area contributed by atoms with Crippen molar-refractivity contribution in [3.63, 3.8) is 0 Å². The van der Waals surface area contributed by atoms with Gasteiger partial charge in [-0.25, -0.2) is 4.79 Å². The summed E-state index contributed by atoms with van der Waals surface area (Å²) < 4.78 is 238. The number of hydrogen-bond donors (Lipinski definition) is 0. The highest BCUT2D eigenvalue weighted by Crippen LogP contribution is 2.64. The summed E-state index contributed by atoms with van der Waals surface area (Å²) in [5.74, 6) is -52.6. The number of rotatable bonds is 22. The Hall–Kier alpha value is -3.92. The molecule has 0 aliphatic heterocycles. The summed E-state index contributed by atoms with van der Waals surface area (Å²) in [6.45, 7) is 0.672. The molecule has 20 heteroatoms. The minimum Gasteiger partial charge on any atom is -0.494 e. The maximum Gasteiger partial charge on any atom is 0.460 e. The second-order valence-corrected chi connectivity index (χ2v) is 12.9. The third-order valence-electron chi connectivity index (χ3n) is 8.53. The zero-order valence-corrected chi connectivity index (χ0v) is 30.0. The highest BCUT2D eigenvalue weighted by atomic mass is 19.4. The molecule has 0 aliphatic carbocycles. The molecule has 0 radical (unpaired) electrons. The maximum absolute atomic E-state index is 14.1. The van der Waals surface area contributed by atoms with Gasteiger partial charge in [-0.05, 0) is 55.0 Å². The van der Waals surface area contributed by atoms with E-state index < -0.39 is 72.2 Å². The molecule has 0 N–H and O–H groups in total. The number of benzene rings is 2. The first-order chi connectivity index (χ1) is 26.1. The van der Waals surface area contributed by atoms with Crippen molar-refractivity contribution in [3.05, 3.63) is 65.2 Å². The number of carbonyl (C=O) groups excluding carboxylic acids is 1. The Labute approximate surface area is 316 Å². The molecule has 0 bridgehead atoms. The minimum absolute atomic E-state index is 0.262. The van der Waals surface area contributed by atoms with Gasteiger partial charge in [0.15, 0.2) is 0 Å². The van der Waals surface area contributed by atoms with Crippen molar-refractivity contribution in [3.8, 4) is 17.6 Å². The average molecular weight is 853 g/mol. The van der Waals surface area contributed by atoms with Crippen LogP contribution in [-0.4, -0.2) is 66.8 Å². The van der Waals surface area contributed by atoms with Gasteiger partial charge in [-0.15, -0.1) is 0 Å². The van der Waals surface area contributed by atoms with Crippen LogP contribution in [0.15, 0.2) is 48.5 Å². The molecule has 0 unspecified atom stereocenters. The molecule has 0 aliphatic rings. The predicted octanol–water partition coefficient (Wildman–Crippen LogP) is 12.9. The fourth-order valence-corrected chi connectivity index (χ4v) is 4.96. The monoisotopic (exact) mass is 852 g/mol. The first-order valence-corrected chi connectivity index (χ1v) is 17.4. The average Bonchev–Trinajstić information content (AvgIpc) is 3.12. The van der Waals surface area contributed by atoms with Crippen molar-refractivity contribution in [1.82, 2.24) is 0 Å². The third kappa shape index (κ3) is 11.2. The van der Waals surface area contributed by atoms with Crippen LogP contribution in [0.3, 0.4) is 0 Å². The van der Waals surface area contributed by atoms with Gasteiger partial charge in [-0.3, -0.25) is 0 Å². The van der Waals surface area contributed by atoms with Crippen molar-refractivity contribution < 1.29 is 88.9 Å². The van der Waals surface area contributed by atoms with Crippen LogP contribution in [0.4, 0.5) is 74.6 Å². The van der Waals surface area contributed by atoms with E-state index in [2.05, 4.69) is 23.5 Å². The van der Waals surface area contributed by atoms with E-state index in [4.69, 9.17) is 4.74 Å². The number of esters is 1. The highest BCUT2D eigenvalue weighted by molar-refractivity contribution is 5.89. The third-order valence-corrected chi connectivity index (χ3v) is 8.53. The quantitative estimate of drug-likeness (QED) is 0.0512. The number of halogens is 17. The van der Waals surface area contributed by atoms with Crippen LogP contribution in [0.2, 0.25) is 0 Å². The molecule has 0 heterocycles. The van der Waals surface area contributed by atoms with Crippen molar-refractivity contribution in [2.24, 2.45) is 0 Å². The van der Waals surface area contributed by atoms with E-state index in [0.717, 1.165) is 31.4 Å². The molecule has 0 saturated heterocycles. The molecule has 0 fully saturated rings. The summed E-state index contributed by atoms with van der Waals surface area (Å²) in [4.78, 5) is 12.2. The fraction of sp³-hybridized carbons (Fsp3) is 0.595. The molecule has 0 amide bonds. The Bertz CT molecular complexity index is 1630. The standard InChI is InChI=1S/C37H37F17O3/c1-2-3-4-5-6-7-8-9-10-11-23-56-28-20-16-26(17-21-28)13-12-25-14-18-27(19-15-25)29(55)57-24-22-30(38,39)31(40,41)32(42,43)33(44,45)34(46,47)35(48,49)36(50,51)37(52,53)54/h14-21H,2-11,22-24H2,1H3. The Kier molecular flexibility index (Phi) is 16.6. The van der Waals surface area contributed by atoms with Crippen molar-refractivity contribution in [2.75, 3.05) is 13.2 Å². The summed E-state index contributed by atoms with van der Waals surface area (Å²) in [6.07, 6.45) is 1.05. The van der Waals surface area contributed by atoms with E-state index in [-0.39, 0.29) is 5.56 Å². The van der Waals surface area contributed by atoms with Gasteiger partial charge in [0, 0.05) is 11.1 Å². The zero-order chi connectivity index (χ0) is 43.6. The van der Waals surface area contributed by atoms with E-state index in [1.165, 1.54) is 57.1 Å². The van der Waals surface area contributed by atoms with Crippen LogP contribution in [0.5, 0.6) is 5.75 Å². The SMILES string of the molecule is CCCCCCCCCCCCOc1ccc(C#Cc2ccc(C(=O)OCCC(F)(F)C(F)(F)C(F)(F)C(F)(F)C(F)(F)C(F)(F)C(F)(F)C(F)(F)F)cc2)cc1. The smallest absolute Gasteiger partial charge is 0.460 e. The number of hydrogen-bond acceptors (Lipinski definition) is 3. The van der Waals surface area contributed by atoms with Crippen LogP contribution < -0.4 is 4.74 Å². The van der Waals surface area contributed by atoms with Crippen LogP contribution in [-0.2, 0) is 4.74 Å². The van der Waals surface area contributed by atoms with Crippen LogP contribution in [0.25, 0.3) is 0 Å². The van der Waals surface area contributed by atoms with Gasteiger partial charge in [0.05, 0.1) is 25.2 Å². The molecule has 2 aromatic carbocycles. The number of alkyl halides is 17. The lowest BCUT2D eigenvalue weighted by Gasteiger charge is -2.42. The minimum atomic E-state index is -8.71. The summed E-state index contributed by atoms with van der Waals surface area (Å²) in [5.41, 5.74) is 0.309. The molecule has 0 aromatic heterocycles. The van der Waals surface area contributed by atoms with E-state index >= 15 is 0 Å². The Morgan fingerprint density at radius 2 is 0.877 bits per heavy atom. The van der Waals surface area contributed by atoms with Crippen molar-refractivity contribution >= 4 is 5.97 Å². The molecule has 3 nitrogen and oxygen atoms in total. The van der Waals surface area contributed by atoms with E-state index in [9.17, 15) is 79.4 Å². The zero-order valence-electron chi connectivity index (χ0n) is 30.0. The topological polar surface area (TPSA) is 35.5 Å². The van der Waals surface area contributed by atoms with Crippen LogP contribution >= 0.6 is 0 Å². The summed E-state index contributed by atoms with van der Waals surface area (Å²) >= 11 is 0. The van der Waals surface area contributed by atoms with Gasteiger partial charge in [-0.1, -0.05) is 76.6 Å². The lowest BCUT2D eigenvalue weighted by Crippen LogP contribution is -2.74.